The van der Waals surface area contributed by atoms with Crippen LogP contribution < -0.4 is 5.73 Å². The molecule has 4 nitrogen and oxygen atoms in total. The summed E-state index contributed by atoms with van der Waals surface area (Å²) in [5.41, 5.74) is 6.63. The molecule has 0 aliphatic heterocycles. The highest BCUT2D eigenvalue weighted by Gasteiger charge is 2.03. The van der Waals surface area contributed by atoms with Crippen molar-refractivity contribution in [2.24, 2.45) is 5.73 Å². The van der Waals surface area contributed by atoms with Crippen LogP contribution in [-0.2, 0) is 6.54 Å². The molecule has 3 N–H and O–H groups in total. The molecule has 0 aliphatic rings. The van der Waals surface area contributed by atoms with E-state index < -0.39 is 0 Å². The lowest BCUT2D eigenvalue weighted by Crippen LogP contribution is -2.24. The summed E-state index contributed by atoms with van der Waals surface area (Å²) in [6.07, 6.45) is 6.48. The number of hydrogen-bond donors (Lipinski definition) is 2. The summed E-state index contributed by atoms with van der Waals surface area (Å²) in [6, 6.07) is 4.11. The minimum atomic E-state index is 0.294. The Hall–Kier alpha value is -1.42. The molecule has 0 bridgehead atoms. The van der Waals surface area contributed by atoms with Gasteiger partial charge in [-0.15, -0.1) is 0 Å². The van der Waals surface area contributed by atoms with E-state index in [4.69, 9.17) is 11.1 Å². The third kappa shape index (κ3) is 6.02. The maximum absolute atomic E-state index is 7.16. The fourth-order valence-corrected chi connectivity index (χ4v) is 1.75. The van der Waals surface area contributed by atoms with E-state index in [9.17, 15) is 0 Å². The smallest absolute Gasteiger partial charge is 0.0905 e. The predicted molar refractivity (Wildman–Crippen MR) is 71.0 cm³/mol. The Bertz CT molecular complexity index is 323. The van der Waals surface area contributed by atoms with Crippen LogP contribution in [0.15, 0.2) is 24.5 Å². The third-order valence-corrected chi connectivity index (χ3v) is 2.77. The lowest BCUT2D eigenvalue weighted by atomic mass is 10.2. The summed E-state index contributed by atoms with van der Waals surface area (Å²) in [7, 11) is 0. The Morgan fingerprint density at radius 2 is 2.06 bits per heavy atom. The van der Waals surface area contributed by atoms with E-state index in [0.717, 1.165) is 32.5 Å². The molecular formula is C13H22N4. The van der Waals surface area contributed by atoms with Crippen LogP contribution >= 0.6 is 0 Å². The lowest BCUT2D eigenvalue weighted by Gasteiger charge is -2.20. The minimum absolute atomic E-state index is 0.294. The molecule has 1 heterocycles. The SMILES string of the molecule is CCN(CCCCC(=N)N)Cc1ccncc1. The van der Waals surface area contributed by atoms with Gasteiger partial charge in [-0.1, -0.05) is 6.92 Å². The van der Waals surface area contributed by atoms with Crippen LogP contribution in [0.2, 0.25) is 0 Å². The number of unbranched alkanes of at least 4 members (excludes halogenated alkanes) is 1. The average molecular weight is 234 g/mol. The van der Waals surface area contributed by atoms with Gasteiger partial charge in [0.1, 0.15) is 0 Å². The molecule has 1 aromatic rings. The number of amidine groups is 1. The van der Waals surface area contributed by atoms with Crippen LogP contribution in [0, 0.1) is 5.41 Å². The van der Waals surface area contributed by atoms with E-state index in [1.54, 1.807) is 0 Å². The molecule has 0 atom stereocenters. The van der Waals surface area contributed by atoms with Gasteiger partial charge in [-0.2, -0.15) is 0 Å². The van der Waals surface area contributed by atoms with Gasteiger partial charge in [0.25, 0.3) is 0 Å². The second-order valence-electron chi connectivity index (χ2n) is 4.21. The highest BCUT2D eigenvalue weighted by molar-refractivity contribution is 5.76. The van der Waals surface area contributed by atoms with E-state index in [1.165, 1.54) is 5.56 Å². The van der Waals surface area contributed by atoms with Crippen LogP contribution in [0.5, 0.6) is 0 Å². The van der Waals surface area contributed by atoms with Crippen molar-refractivity contribution in [1.29, 1.82) is 5.41 Å². The molecule has 0 fully saturated rings. The van der Waals surface area contributed by atoms with Crippen molar-refractivity contribution < 1.29 is 0 Å². The molecule has 0 saturated carbocycles. The molecule has 0 aromatic carbocycles. The number of nitrogens with two attached hydrogens (primary N) is 1. The largest absolute Gasteiger partial charge is 0.388 e. The summed E-state index contributed by atoms with van der Waals surface area (Å²) in [5.74, 6) is 0.294. The van der Waals surface area contributed by atoms with Gasteiger partial charge in [0.15, 0.2) is 0 Å². The fourth-order valence-electron chi connectivity index (χ4n) is 1.75. The molecule has 94 valence electrons. The lowest BCUT2D eigenvalue weighted by molar-refractivity contribution is 0.274. The summed E-state index contributed by atoms with van der Waals surface area (Å²) in [4.78, 5) is 6.42. The highest BCUT2D eigenvalue weighted by Crippen LogP contribution is 2.05. The first-order chi connectivity index (χ1) is 8.22. The molecule has 0 spiro atoms. The van der Waals surface area contributed by atoms with Crippen LogP contribution in [0.3, 0.4) is 0 Å². The second-order valence-corrected chi connectivity index (χ2v) is 4.21. The molecule has 0 saturated heterocycles. The van der Waals surface area contributed by atoms with Crippen molar-refractivity contribution in [3.05, 3.63) is 30.1 Å². The monoisotopic (exact) mass is 234 g/mol. The Morgan fingerprint density at radius 3 is 2.65 bits per heavy atom. The zero-order chi connectivity index (χ0) is 12.5. The first-order valence-electron chi connectivity index (χ1n) is 6.16. The molecular weight excluding hydrogens is 212 g/mol. The van der Waals surface area contributed by atoms with Crippen molar-refractivity contribution in [3.8, 4) is 0 Å². The van der Waals surface area contributed by atoms with Crippen molar-refractivity contribution in [2.75, 3.05) is 13.1 Å². The molecule has 1 rings (SSSR count). The number of rotatable bonds is 8. The first-order valence-corrected chi connectivity index (χ1v) is 6.16. The molecule has 0 radical (unpaired) electrons. The van der Waals surface area contributed by atoms with Crippen molar-refractivity contribution >= 4 is 5.84 Å². The number of pyridine rings is 1. The Labute approximate surface area is 103 Å². The van der Waals surface area contributed by atoms with Crippen molar-refractivity contribution in [1.82, 2.24) is 9.88 Å². The summed E-state index contributed by atoms with van der Waals surface area (Å²) >= 11 is 0. The van der Waals surface area contributed by atoms with Gasteiger partial charge in [0, 0.05) is 25.4 Å². The van der Waals surface area contributed by atoms with Gasteiger partial charge < -0.3 is 5.73 Å². The van der Waals surface area contributed by atoms with Crippen LogP contribution in [0.25, 0.3) is 0 Å². The number of nitrogens with one attached hydrogen (secondary N) is 1. The third-order valence-electron chi connectivity index (χ3n) is 2.77. The number of aromatic nitrogens is 1. The summed E-state index contributed by atoms with van der Waals surface area (Å²) in [5, 5.41) is 7.16. The van der Waals surface area contributed by atoms with E-state index in [-0.39, 0.29) is 0 Å². The van der Waals surface area contributed by atoms with Gasteiger partial charge >= 0.3 is 0 Å². The molecule has 1 aromatic heterocycles. The summed E-state index contributed by atoms with van der Waals surface area (Å²) < 4.78 is 0. The van der Waals surface area contributed by atoms with Crippen LogP contribution in [-0.4, -0.2) is 28.8 Å². The summed E-state index contributed by atoms with van der Waals surface area (Å²) in [6.45, 7) is 5.25. The minimum Gasteiger partial charge on any atom is -0.388 e. The van der Waals surface area contributed by atoms with Gasteiger partial charge in [0.05, 0.1) is 5.84 Å². The average Bonchev–Trinajstić information content (AvgIpc) is 2.34. The van der Waals surface area contributed by atoms with Gasteiger partial charge in [0.2, 0.25) is 0 Å². The van der Waals surface area contributed by atoms with E-state index >= 15 is 0 Å². The van der Waals surface area contributed by atoms with E-state index in [1.807, 2.05) is 12.4 Å². The predicted octanol–water partition coefficient (Wildman–Crippen LogP) is 2.01. The first kappa shape index (κ1) is 13.6. The zero-order valence-electron chi connectivity index (χ0n) is 10.5. The number of nitrogens with zero attached hydrogens (tertiary/aromatic N) is 2. The Morgan fingerprint density at radius 1 is 1.35 bits per heavy atom. The van der Waals surface area contributed by atoms with Gasteiger partial charge in [-0.3, -0.25) is 15.3 Å². The topological polar surface area (TPSA) is 66.0 Å². The zero-order valence-corrected chi connectivity index (χ0v) is 10.5. The van der Waals surface area contributed by atoms with Crippen LogP contribution in [0.4, 0.5) is 0 Å². The molecule has 0 aliphatic carbocycles. The molecule has 0 amide bonds. The van der Waals surface area contributed by atoms with Crippen LogP contribution in [0.1, 0.15) is 31.7 Å². The highest BCUT2D eigenvalue weighted by atomic mass is 15.1. The maximum atomic E-state index is 7.16. The van der Waals surface area contributed by atoms with Crippen molar-refractivity contribution in [3.63, 3.8) is 0 Å². The van der Waals surface area contributed by atoms with Crippen molar-refractivity contribution in [2.45, 2.75) is 32.7 Å². The second kappa shape index (κ2) is 7.79. The van der Waals surface area contributed by atoms with Gasteiger partial charge in [-0.25, -0.2) is 0 Å². The Kier molecular flexibility index (Phi) is 6.25. The fraction of sp³-hybridized carbons (Fsp3) is 0.538. The van der Waals surface area contributed by atoms with E-state index in [2.05, 4.69) is 28.9 Å². The van der Waals surface area contributed by atoms with E-state index in [0.29, 0.717) is 12.3 Å². The quantitative estimate of drug-likeness (QED) is 0.411. The van der Waals surface area contributed by atoms with Gasteiger partial charge in [-0.05, 0) is 43.6 Å². The molecule has 17 heavy (non-hydrogen) atoms. The molecule has 0 unspecified atom stereocenters. The normalized spacial score (nSPS) is 10.7. The maximum Gasteiger partial charge on any atom is 0.0905 e. The Balaban J connectivity index is 2.27. The number of hydrogen-bond acceptors (Lipinski definition) is 3. The molecule has 4 heteroatoms. The standard InChI is InChI=1S/C13H22N4/c1-2-17(10-4-3-5-13(14)15)11-12-6-8-16-9-7-12/h6-9H,2-5,10-11H2,1H3,(H3,14,15).